The molecule has 3 amide bonds. The summed E-state index contributed by atoms with van der Waals surface area (Å²) < 4.78 is 0. The molecule has 1 aromatic carbocycles. The van der Waals surface area contributed by atoms with E-state index in [1.165, 1.54) is 9.80 Å². The van der Waals surface area contributed by atoms with Crippen LogP contribution >= 0.6 is 0 Å². The molecule has 0 saturated carbocycles. The molecule has 1 aromatic rings. The molecule has 28 heavy (non-hydrogen) atoms. The summed E-state index contributed by atoms with van der Waals surface area (Å²) >= 11 is 0. The number of carbonyl (C=O) groups excluding carboxylic acids is 2. The summed E-state index contributed by atoms with van der Waals surface area (Å²) in [5.41, 5.74) is 4.24. The van der Waals surface area contributed by atoms with Gasteiger partial charge in [0.2, 0.25) is 5.96 Å². The number of allylic oxidation sites excluding steroid dienone is 1. The molecular weight excluding hydrogens is 358 g/mol. The number of hydrogen-bond acceptors (Lipinski definition) is 6. The number of imide groups is 1. The molecule has 4 rings (SSSR count). The third kappa shape index (κ3) is 2.59. The zero-order valence-electron chi connectivity index (χ0n) is 16.6. The average Bonchev–Trinajstić information content (AvgIpc) is 3.17. The Bertz CT molecular complexity index is 909. The fourth-order valence-corrected chi connectivity index (χ4v) is 4.05. The highest BCUT2D eigenvalue weighted by molar-refractivity contribution is 6.10. The Morgan fingerprint density at radius 3 is 2.64 bits per heavy atom. The molecule has 3 aliphatic heterocycles. The highest BCUT2D eigenvalue weighted by atomic mass is 16.3. The number of fused-ring (bicyclic) bond motifs is 3. The topological polar surface area (TPSA) is 79.7 Å². The second-order valence-corrected chi connectivity index (χ2v) is 7.55. The Labute approximate surface area is 164 Å². The van der Waals surface area contributed by atoms with Crippen LogP contribution in [0.3, 0.4) is 0 Å². The quantitative estimate of drug-likeness (QED) is 0.855. The lowest BCUT2D eigenvalue weighted by Crippen LogP contribution is -2.64. The molecule has 148 valence electrons. The second kappa shape index (κ2) is 6.63. The van der Waals surface area contributed by atoms with Gasteiger partial charge in [-0.25, -0.2) is 9.79 Å². The van der Waals surface area contributed by atoms with E-state index in [2.05, 4.69) is 18.2 Å². The standard InChI is InChI=1S/C20H25N5O3/c1-12-6-7-13(2)15(10-12)25-14(3)11-24-16-17(21-19(24)25)22(4)20(28)23(18(16)27)8-5-9-26/h6-7,10-11,16-17,26H,5,8-9H2,1-4H3. The fourth-order valence-electron chi connectivity index (χ4n) is 4.05. The van der Waals surface area contributed by atoms with Crippen molar-refractivity contribution in [3.63, 3.8) is 0 Å². The van der Waals surface area contributed by atoms with Crippen LogP contribution in [0.25, 0.3) is 0 Å². The first-order chi connectivity index (χ1) is 13.3. The number of benzene rings is 1. The molecule has 2 atom stereocenters. The summed E-state index contributed by atoms with van der Waals surface area (Å²) in [7, 11) is 1.67. The number of nitrogens with zero attached hydrogens (tertiary/aromatic N) is 5. The van der Waals surface area contributed by atoms with Crippen LogP contribution in [0, 0.1) is 13.8 Å². The maximum absolute atomic E-state index is 13.1. The molecule has 1 saturated heterocycles. The number of carbonyl (C=O) groups is 2. The van der Waals surface area contributed by atoms with Crippen LogP contribution in [-0.4, -0.2) is 70.1 Å². The number of hydrogen-bond donors (Lipinski definition) is 1. The van der Waals surface area contributed by atoms with E-state index in [0.717, 1.165) is 22.5 Å². The molecule has 1 N–H and O–H groups in total. The molecule has 0 aliphatic carbocycles. The number of anilines is 1. The summed E-state index contributed by atoms with van der Waals surface area (Å²) in [4.78, 5) is 37.2. The second-order valence-electron chi connectivity index (χ2n) is 7.55. The molecule has 0 bridgehead atoms. The number of aliphatic hydroxyl groups is 1. The number of guanidine groups is 1. The third-order valence-corrected chi connectivity index (χ3v) is 5.53. The summed E-state index contributed by atoms with van der Waals surface area (Å²) in [5, 5.41) is 9.10. The predicted molar refractivity (Wildman–Crippen MR) is 106 cm³/mol. The Morgan fingerprint density at radius 1 is 1.18 bits per heavy atom. The molecule has 3 heterocycles. The van der Waals surface area contributed by atoms with Crippen LogP contribution < -0.4 is 4.90 Å². The number of rotatable bonds is 4. The zero-order valence-corrected chi connectivity index (χ0v) is 16.6. The van der Waals surface area contributed by atoms with Crippen molar-refractivity contribution < 1.29 is 14.7 Å². The van der Waals surface area contributed by atoms with Gasteiger partial charge in [0.1, 0.15) is 0 Å². The minimum atomic E-state index is -0.582. The Morgan fingerprint density at radius 2 is 1.93 bits per heavy atom. The minimum absolute atomic E-state index is 0.0697. The lowest BCUT2D eigenvalue weighted by Gasteiger charge is -2.40. The number of aliphatic hydroxyl groups excluding tert-OH is 1. The zero-order chi connectivity index (χ0) is 20.2. The average molecular weight is 383 g/mol. The molecule has 1 fully saturated rings. The van der Waals surface area contributed by atoms with Gasteiger partial charge in [-0.3, -0.25) is 14.6 Å². The first kappa shape index (κ1) is 18.5. The Hall–Kier alpha value is -2.87. The Kier molecular flexibility index (Phi) is 4.38. The first-order valence-electron chi connectivity index (χ1n) is 9.46. The van der Waals surface area contributed by atoms with Gasteiger partial charge >= 0.3 is 6.03 Å². The maximum Gasteiger partial charge on any atom is 0.328 e. The van der Waals surface area contributed by atoms with Crippen molar-refractivity contribution in [2.24, 2.45) is 4.99 Å². The van der Waals surface area contributed by atoms with Gasteiger partial charge in [0, 0.05) is 32.1 Å². The lowest BCUT2D eigenvalue weighted by molar-refractivity contribution is -0.136. The van der Waals surface area contributed by atoms with Crippen molar-refractivity contribution in [2.75, 3.05) is 25.1 Å². The molecular formula is C20H25N5O3. The van der Waals surface area contributed by atoms with Crippen molar-refractivity contribution in [2.45, 2.75) is 39.4 Å². The van der Waals surface area contributed by atoms with E-state index in [9.17, 15) is 9.59 Å². The number of likely N-dealkylation sites (N-methyl/N-ethyl adjacent to an activating group) is 1. The first-order valence-corrected chi connectivity index (χ1v) is 9.46. The predicted octanol–water partition coefficient (Wildman–Crippen LogP) is 1.63. The molecule has 8 nitrogen and oxygen atoms in total. The highest BCUT2D eigenvalue weighted by Gasteiger charge is 2.54. The number of urea groups is 1. The summed E-state index contributed by atoms with van der Waals surface area (Å²) in [6.07, 6.45) is 1.73. The highest BCUT2D eigenvalue weighted by Crippen LogP contribution is 2.37. The van der Waals surface area contributed by atoms with Gasteiger partial charge in [-0.15, -0.1) is 0 Å². The van der Waals surface area contributed by atoms with E-state index < -0.39 is 12.2 Å². The molecule has 3 aliphatic rings. The van der Waals surface area contributed by atoms with E-state index in [1.807, 2.05) is 36.8 Å². The van der Waals surface area contributed by atoms with E-state index in [-0.39, 0.29) is 25.1 Å². The minimum Gasteiger partial charge on any atom is -0.396 e. The van der Waals surface area contributed by atoms with Gasteiger partial charge in [-0.2, -0.15) is 0 Å². The number of amides is 3. The largest absolute Gasteiger partial charge is 0.396 e. The number of aliphatic imine (C=N–C) groups is 1. The van der Waals surface area contributed by atoms with Crippen molar-refractivity contribution in [3.8, 4) is 0 Å². The summed E-state index contributed by atoms with van der Waals surface area (Å²) in [6.45, 7) is 6.21. The van der Waals surface area contributed by atoms with Gasteiger partial charge in [0.05, 0.1) is 5.69 Å². The molecule has 8 heteroatoms. The van der Waals surface area contributed by atoms with E-state index in [1.54, 1.807) is 7.05 Å². The van der Waals surface area contributed by atoms with Crippen LogP contribution in [0.2, 0.25) is 0 Å². The van der Waals surface area contributed by atoms with E-state index >= 15 is 0 Å². The van der Waals surface area contributed by atoms with Crippen LogP contribution in [0.1, 0.15) is 24.5 Å². The molecule has 2 unspecified atom stereocenters. The van der Waals surface area contributed by atoms with Crippen molar-refractivity contribution in [1.29, 1.82) is 0 Å². The summed E-state index contributed by atoms with van der Waals surface area (Å²) in [6, 6.07) is 5.29. The van der Waals surface area contributed by atoms with Crippen molar-refractivity contribution >= 4 is 23.6 Å². The van der Waals surface area contributed by atoms with Gasteiger partial charge in [-0.1, -0.05) is 12.1 Å². The fraction of sp³-hybridized carbons (Fsp3) is 0.450. The van der Waals surface area contributed by atoms with Crippen molar-refractivity contribution in [1.82, 2.24) is 14.7 Å². The van der Waals surface area contributed by atoms with Crippen LogP contribution in [0.4, 0.5) is 10.5 Å². The van der Waals surface area contributed by atoms with E-state index in [0.29, 0.717) is 12.4 Å². The van der Waals surface area contributed by atoms with Crippen LogP contribution in [-0.2, 0) is 4.79 Å². The number of aryl methyl sites for hydroxylation is 2. The maximum atomic E-state index is 13.1. The smallest absolute Gasteiger partial charge is 0.328 e. The normalized spacial score (nSPS) is 23.9. The third-order valence-electron chi connectivity index (χ3n) is 5.53. The summed E-state index contributed by atoms with van der Waals surface area (Å²) in [5.74, 6) is 0.394. The molecule has 0 spiro atoms. The van der Waals surface area contributed by atoms with Crippen LogP contribution in [0.5, 0.6) is 0 Å². The molecule has 0 aromatic heterocycles. The lowest BCUT2D eigenvalue weighted by atomic mass is 10.1. The van der Waals surface area contributed by atoms with Crippen molar-refractivity contribution in [3.05, 3.63) is 41.2 Å². The molecule has 0 radical (unpaired) electrons. The van der Waals surface area contributed by atoms with E-state index in [4.69, 9.17) is 10.1 Å². The monoisotopic (exact) mass is 383 g/mol. The van der Waals surface area contributed by atoms with Crippen LogP contribution in [0.15, 0.2) is 35.1 Å². The SMILES string of the molecule is CC1=CN2C(=NC3C2C(=O)N(CCCO)C(=O)N3C)N1c1cc(C)ccc1C. The van der Waals surface area contributed by atoms with Gasteiger partial charge < -0.3 is 14.9 Å². The van der Waals surface area contributed by atoms with Gasteiger partial charge in [-0.05, 0) is 44.4 Å². The van der Waals surface area contributed by atoms with Gasteiger partial charge in [0.15, 0.2) is 12.2 Å². The Balaban J connectivity index is 1.72. The van der Waals surface area contributed by atoms with Gasteiger partial charge in [0.25, 0.3) is 5.91 Å².